The lowest BCUT2D eigenvalue weighted by atomic mass is 10.0. The number of rotatable bonds is 5. The van der Waals surface area contributed by atoms with Crippen LogP contribution in [0.25, 0.3) is 0 Å². The van der Waals surface area contributed by atoms with Crippen LogP contribution in [0.1, 0.15) is 32.5 Å². The van der Waals surface area contributed by atoms with E-state index < -0.39 is 0 Å². The van der Waals surface area contributed by atoms with Crippen LogP contribution in [0.2, 0.25) is 0 Å². The van der Waals surface area contributed by atoms with E-state index in [0.717, 1.165) is 10.6 Å². The number of furan rings is 1. The third-order valence-corrected chi connectivity index (χ3v) is 4.48. The van der Waals surface area contributed by atoms with Crippen molar-refractivity contribution >= 4 is 17.2 Å². The van der Waals surface area contributed by atoms with Gasteiger partial charge in [0, 0.05) is 17.0 Å². The summed E-state index contributed by atoms with van der Waals surface area (Å²) in [6, 6.07) is 16.5. The molecule has 1 N–H and O–H groups in total. The summed E-state index contributed by atoms with van der Waals surface area (Å²) >= 11 is 1.63. The molecule has 4 nitrogen and oxygen atoms in total. The Bertz CT molecular complexity index is 783. The van der Waals surface area contributed by atoms with Gasteiger partial charge in [0.05, 0.1) is 23.8 Å². The van der Waals surface area contributed by atoms with Gasteiger partial charge >= 0.3 is 0 Å². The van der Waals surface area contributed by atoms with Crippen LogP contribution in [0, 0.1) is 11.3 Å². The van der Waals surface area contributed by atoms with E-state index in [1.165, 1.54) is 0 Å². The topological polar surface area (TPSA) is 66.0 Å². The minimum absolute atomic E-state index is 0.0203. The zero-order valence-corrected chi connectivity index (χ0v) is 13.0. The molecule has 0 unspecified atom stereocenters. The molecule has 0 spiro atoms. The average Bonchev–Trinajstić information content (AvgIpc) is 3.29. The molecule has 0 aliphatic rings. The molecule has 1 atom stereocenters. The predicted octanol–water partition coefficient (Wildman–Crippen LogP) is 3.77. The molecule has 3 rings (SSSR count). The Balaban J connectivity index is 1.74. The molecule has 3 aromatic rings. The van der Waals surface area contributed by atoms with Crippen molar-refractivity contribution in [2.75, 3.05) is 6.54 Å². The minimum Gasteiger partial charge on any atom is -0.469 e. The second-order valence-electron chi connectivity index (χ2n) is 4.99. The van der Waals surface area contributed by atoms with Gasteiger partial charge in [-0.15, -0.1) is 11.3 Å². The fourth-order valence-corrected chi connectivity index (χ4v) is 3.18. The Hall–Kier alpha value is -2.84. The van der Waals surface area contributed by atoms with Crippen LogP contribution in [-0.4, -0.2) is 12.5 Å². The largest absolute Gasteiger partial charge is 0.469 e. The van der Waals surface area contributed by atoms with Crippen molar-refractivity contribution in [3.63, 3.8) is 0 Å². The van der Waals surface area contributed by atoms with Gasteiger partial charge in [-0.2, -0.15) is 5.26 Å². The number of benzene rings is 1. The van der Waals surface area contributed by atoms with Crippen molar-refractivity contribution in [2.45, 2.75) is 5.92 Å². The lowest BCUT2D eigenvalue weighted by molar-refractivity contribution is 0.0952. The van der Waals surface area contributed by atoms with E-state index in [0.29, 0.717) is 17.7 Å². The molecule has 5 heteroatoms. The van der Waals surface area contributed by atoms with Gasteiger partial charge < -0.3 is 9.73 Å². The van der Waals surface area contributed by atoms with Gasteiger partial charge in [-0.1, -0.05) is 12.1 Å². The summed E-state index contributed by atoms with van der Waals surface area (Å²) in [5, 5.41) is 13.8. The smallest absolute Gasteiger partial charge is 0.251 e. The lowest BCUT2D eigenvalue weighted by Gasteiger charge is -2.14. The summed E-state index contributed by atoms with van der Waals surface area (Å²) in [5.74, 6) is 0.599. The van der Waals surface area contributed by atoms with E-state index in [4.69, 9.17) is 9.68 Å². The fraction of sp³-hybridized carbons (Fsp3) is 0.111. The number of hydrogen-bond acceptors (Lipinski definition) is 4. The molecule has 2 heterocycles. The van der Waals surface area contributed by atoms with Crippen molar-refractivity contribution < 1.29 is 9.21 Å². The summed E-state index contributed by atoms with van der Waals surface area (Å²) in [4.78, 5) is 13.4. The molecule has 0 saturated carbocycles. The number of nitrogens with zero attached hydrogens (tertiary/aromatic N) is 1. The fourth-order valence-electron chi connectivity index (χ4n) is 2.35. The highest BCUT2D eigenvalue weighted by atomic mass is 32.1. The number of thiophene rings is 1. The maximum atomic E-state index is 12.3. The number of nitrogens with one attached hydrogen (secondary N) is 1. The van der Waals surface area contributed by atoms with Gasteiger partial charge in [-0.3, -0.25) is 4.79 Å². The molecule has 0 radical (unpaired) electrons. The van der Waals surface area contributed by atoms with Gasteiger partial charge in [0.15, 0.2) is 0 Å². The molecular formula is C18H14N2O2S. The van der Waals surface area contributed by atoms with E-state index >= 15 is 0 Å². The van der Waals surface area contributed by atoms with E-state index in [2.05, 4.69) is 5.32 Å². The highest BCUT2D eigenvalue weighted by Gasteiger charge is 2.19. The Morgan fingerprint density at radius 2 is 2.17 bits per heavy atom. The summed E-state index contributed by atoms with van der Waals surface area (Å²) < 4.78 is 5.51. The molecular weight excluding hydrogens is 308 g/mol. The summed E-state index contributed by atoms with van der Waals surface area (Å²) in [6.45, 7) is 0.434. The summed E-state index contributed by atoms with van der Waals surface area (Å²) in [7, 11) is 0. The van der Waals surface area contributed by atoms with Crippen molar-refractivity contribution in [3.8, 4) is 6.07 Å². The second kappa shape index (κ2) is 6.95. The third kappa shape index (κ3) is 3.50. The first kappa shape index (κ1) is 15.1. The second-order valence-corrected chi connectivity index (χ2v) is 5.97. The molecule has 0 aliphatic heterocycles. The van der Waals surface area contributed by atoms with Gasteiger partial charge in [-0.05, 0) is 41.8 Å². The highest BCUT2D eigenvalue weighted by Crippen LogP contribution is 2.28. The van der Waals surface area contributed by atoms with E-state index in [1.807, 2.05) is 35.7 Å². The van der Waals surface area contributed by atoms with Crippen molar-refractivity contribution in [2.24, 2.45) is 0 Å². The number of carbonyl (C=O) groups is 1. The molecule has 1 aromatic carbocycles. The molecule has 23 heavy (non-hydrogen) atoms. The van der Waals surface area contributed by atoms with Crippen molar-refractivity contribution in [3.05, 3.63) is 81.9 Å². The molecule has 1 amide bonds. The Morgan fingerprint density at radius 3 is 2.87 bits per heavy atom. The van der Waals surface area contributed by atoms with E-state index in [1.54, 1.807) is 41.9 Å². The molecule has 0 saturated heterocycles. The zero-order valence-electron chi connectivity index (χ0n) is 12.2. The van der Waals surface area contributed by atoms with Gasteiger partial charge in [-0.25, -0.2) is 0 Å². The first-order valence-electron chi connectivity index (χ1n) is 7.13. The molecule has 0 bridgehead atoms. The average molecular weight is 322 g/mol. The lowest BCUT2D eigenvalue weighted by Crippen LogP contribution is -2.28. The van der Waals surface area contributed by atoms with Crippen molar-refractivity contribution in [1.82, 2.24) is 5.32 Å². The Kier molecular flexibility index (Phi) is 4.55. The Morgan fingerprint density at radius 1 is 1.26 bits per heavy atom. The molecule has 2 aromatic heterocycles. The van der Waals surface area contributed by atoms with Crippen molar-refractivity contribution in [1.29, 1.82) is 5.26 Å². The number of nitriles is 1. The quantitative estimate of drug-likeness (QED) is 0.777. The monoisotopic (exact) mass is 322 g/mol. The van der Waals surface area contributed by atoms with Crippen LogP contribution in [0.15, 0.2) is 64.6 Å². The number of hydrogen-bond donors (Lipinski definition) is 1. The third-order valence-electron chi connectivity index (χ3n) is 3.49. The zero-order chi connectivity index (χ0) is 16.1. The molecule has 0 fully saturated rings. The van der Waals surface area contributed by atoms with Crippen LogP contribution < -0.4 is 5.32 Å². The predicted molar refractivity (Wildman–Crippen MR) is 88.4 cm³/mol. The Labute approximate surface area is 138 Å². The molecule has 114 valence electrons. The number of amides is 1. The normalized spacial score (nSPS) is 11.6. The maximum Gasteiger partial charge on any atom is 0.251 e. The molecule has 0 aliphatic carbocycles. The first-order chi connectivity index (χ1) is 11.3. The van der Waals surface area contributed by atoms with Crippen LogP contribution in [-0.2, 0) is 0 Å². The van der Waals surface area contributed by atoms with Crippen LogP contribution in [0.5, 0.6) is 0 Å². The standard InChI is InChI=1S/C18H14N2O2S/c19-11-13-4-1-5-14(10-13)18(21)20-12-15(16-6-2-8-22-16)17-7-3-9-23-17/h1-10,15H,12H2,(H,20,21)/t15-/m0/s1. The van der Waals surface area contributed by atoms with E-state index in [9.17, 15) is 4.79 Å². The minimum atomic E-state index is -0.199. The summed E-state index contributed by atoms with van der Waals surface area (Å²) in [5.41, 5.74) is 0.951. The SMILES string of the molecule is N#Cc1cccc(C(=O)NC[C@@H](c2ccco2)c2cccs2)c1. The van der Waals surface area contributed by atoms with Gasteiger partial charge in [0.25, 0.3) is 5.91 Å². The first-order valence-corrected chi connectivity index (χ1v) is 8.01. The number of carbonyl (C=O) groups excluding carboxylic acids is 1. The summed E-state index contributed by atoms with van der Waals surface area (Å²) in [6.07, 6.45) is 1.63. The van der Waals surface area contributed by atoms with Crippen LogP contribution >= 0.6 is 11.3 Å². The van der Waals surface area contributed by atoms with E-state index in [-0.39, 0.29) is 11.8 Å². The van der Waals surface area contributed by atoms with Crippen LogP contribution in [0.4, 0.5) is 0 Å². The van der Waals surface area contributed by atoms with Gasteiger partial charge in [0.2, 0.25) is 0 Å². The van der Waals surface area contributed by atoms with Crippen LogP contribution in [0.3, 0.4) is 0 Å². The maximum absolute atomic E-state index is 12.3. The van der Waals surface area contributed by atoms with Gasteiger partial charge in [0.1, 0.15) is 5.76 Å². The highest BCUT2D eigenvalue weighted by molar-refractivity contribution is 7.10.